The molecule has 0 saturated heterocycles. The second-order valence-corrected chi connectivity index (χ2v) is 4.39. The Morgan fingerprint density at radius 3 is 2.40 bits per heavy atom. The lowest BCUT2D eigenvalue weighted by atomic mass is 9.82. The molecule has 2 rings (SSSR count). The van der Waals surface area contributed by atoms with Gasteiger partial charge in [-0.2, -0.15) is 0 Å². The van der Waals surface area contributed by atoms with Gasteiger partial charge in [-0.15, -0.1) is 0 Å². The molecule has 0 spiro atoms. The number of ketones is 2. The first-order valence-corrected chi connectivity index (χ1v) is 6.26. The number of hydrogen-bond donors (Lipinski definition) is 0. The second kappa shape index (κ2) is 6.41. The number of rotatable bonds is 5. The van der Waals surface area contributed by atoms with Crippen LogP contribution in [0.4, 0.5) is 0 Å². The molecular weight excluding hydrogens is 256 g/mol. The van der Waals surface area contributed by atoms with Crippen LogP contribution in [0.1, 0.15) is 11.5 Å². The van der Waals surface area contributed by atoms with Crippen LogP contribution in [-0.2, 0) is 19.1 Å². The van der Waals surface area contributed by atoms with Crippen molar-refractivity contribution in [1.29, 1.82) is 0 Å². The SMILES string of the molecule is COC(OC)C(=O)C1=CC=CC(=O)C1c1ccccc1. The molecule has 1 aliphatic carbocycles. The van der Waals surface area contributed by atoms with E-state index in [-0.39, 0.29) is 11.6 Å². The molecule has 20 heavy (non-hydrogen) atoms. The molecule has 0 heterocycles. The topological polar surface area (TPSA) is 52.6 Å². The number of hydrogen-bond acceptors (Lipinski definition) is 4. The van der Waals surface area contributed by atoms with Crippen LogP contribution >= 0.6 is 0 Å². The predicted octanol–water partition coefficient (Wildman–Crippen LogP) is 2.02. The zero-order valence-corrected chi connectivity index (χ0v) is 11.4. The molecule has 0 fully saturated rings. The Kier molecular flexibility index (Phi) is 4.61. The zero-order chi connectivity index (χ0) is 14.5. The highest BCUT2D eigenvalue weighted by atomic mass is 16.7. The lowest BCUT2D eigenvalue weighted by Crippen LogP contribution is -2.31. The largest absolute Gasteiger partial charge is 0.349 e. The van der Waals surface area contributed by atoms with Crippen molar-refractivity contribution in [2.24, 2.45) is 0 Å². The molecule has 1 aliphatic rings. The van der Waals surface area contributed by atoms with E-state index in [0.717, 1.165) is 5.56 Å². The van der Waals surface area contributed by atoms with Gasteiger partial charge in [-0.25, -0.2) is 0 Å². The quantitative estimate of drug-likeness (QED) is 0.770. The summed E-state index contributed by atoms with van der Waals surface area (Å²) < 4.78 is 9.97. The summed E-state index contributed by atoms with van der Waals surface area (Å²) in [4.78, 5) is 24.5. The minimum Gasteiger partial charge on any atom is -0.349 e. The van der Waals surface area contributed by atoms with E-state index in [0.29, 0.717) is 5.57 Å². The van der Waals surface area contributed by atoms with Crippen LogP contribution in [-0.4, -0.2) is 32.1 Å². The average Bonchev–Trinajstić information content (AvgIpc) is 2.49. The monoisotopic (exact) mass is 272 g/mol. The first kappa shape index (κ1) is 14.4. The molecule has 1 aromatic rings. The first-order chi connectivity index (χ1) is 9.69. The molecule has 0 saturated carbocycles. The van der Waals surface area contributed by atoms with Gasteiger partial charge in [0.1, 0.15) is 0 Å². The molecule has 0 aromatic heterocycles. The molecule has 1 unspecified atom stereocenters. The molecule has 1 aromatic carbocycles. The van der Waals surface area contributed by atoms with Gasteiger partial charge in [-0.05, 0) is 11.6 Å². The van der Waals surface area contributed by atoms with E-state index >= 15 is 0 Å². The van der Waals surface area contributed by atoms with E-state index in [9.17, 15) is 9.59 Å². The second-order valence-electron chi connectivity index (χ2n) is 4.39. The van der Waals surface area contributed by atoms with Gasteiger partial charge in [-0.1, -0.05) is 42.5 Å². The highest BCUT2D eigenvalue weighted by molar-refractivity contribution is 6.10. The zero-order valence-electron chi connectivity index (χ0n) is 11.4. The highest BCUT2D eigenvalue weighted by Gasteiger charge is 2.33. The Hall–Kier alpha value is -2.04. The van der Waals surface area contributed by atoms with Gasteiger partial charge in [0.2, 0.25) is 12.1 Å². The summed E-state index contributed by atoms with van der Waals surface area (Å²) in [6.45, 7) is 0. The third-order valence-electron chi connectivity index (χ3n) is 3.19. The first-order valence-electron chi connectivity index (χ1n) is 6.26. The van der Waals surface area contributed by atoms with Crippen molar-refractivity contribution in [3.8, 4) is 0 Å². The van der Waals surface area contributed by atoms with E-state index in [1.54, 1.807) is 12.2 Å². The molecule has 0 bridgehead atoms. The average molecular weight is 272 g/mol. The van der Waals surface area contributed by atoms with Crippen molar-refractivity contribution in [3.05, 3.63) is 59.7 Å². The Bertz CT molecular complexity index is 553. The minimum atomic E-state index is -0.994. The normalized spacial score (nSPS) is 18.2. The lowest BCUT2D eigenvalue weighted by molar-refractivity contribution is -0.153. The molecule has 4 nitrogen and oxygen atoms in total. The van der Waals surface area contributed by atoms with Gasteiger partial charge in [0, 0.05) is 19.8 Å². The number of methoxy groups -OCH3 is 2. The lowest BCUT2D eigenvalue weighted by Gasteiger charge is -2.22. The van der Waals surface area contributed by atoms with E-state index in [4.69, 9.17) is 9.47 Å². The predicted molar refractivity (Wildman–Crippen MR) is 74.2 cm³/mol. The maximum Gasteiger partial charge on any atom is 0.221 e. The number of benzene rings is 1. The third kappa shape index (κ3) is 2.76. The van der Waals surface area contributed by atoms with Gasteiger partial charge >= 0.3 is 0 Å². The summed E-state index contributed by atoms with van der Waals surface area (Å²) in [5, 5.41) is 0. The van der Waals surface area contributed by atoms with Crippen LogP contribution in [0.5, 0.6) is 0 Å². The Morgan fingerprint density at radius 2 is 1.80 bits per heavy atom. The number of carbonyl (C=O) groups is 2. The van der Waals surface area contributed by atoms with Crippen molar-refractivity contribution in [3.63, 3.8) is 0 Å². The van der Waals surface area contributed by atoms with Gasteiger partial charge in [0.15, 0.2) is 5.78 Å². The van der Waals surface area contributed by atoms with Crippen LogP contribution in [0.2, 0.25) is 0 Å². The van der Waals surface area contributed by atoms with Crippen LogP contribution in [0.25, 0.3) is 0 Å². The van der Waals surface area contributed by atoms with Gasteiger partial charge < -0.3 is 9.47 Å². The van der Waals surface area contributed by atoms with Crippen molar-refractivity contribution >= 4 is 11.6 Å². The maximum absolute atomic E-state index is 12.4. The molecule has 4 heteroatoms. The summed E-state index contributed by atoms with van der Waals surface area (Å²) in [6.07, 6.45) is 3.71. The van der Waals surface area contributed by atoms with Crippen molar-refractivity contribution < 1.29 is 19.1 Å². The van der Waals surface area contributed by atoms with Crippen molar-refractivity contribution in [2.75, 3.05) is 14.2 Å². The number of Topliss-reactive ketones (excluding diaryl/α,β-unsaturated/α-hetero) is 1. The summed E-state index contributed by atoms with van der Waals surface area (Å²) in [5.41, 5.74) is 1.17. The van der Waals surface area contributed by atoms with Crippen LogP contribution in [0.15, 0.2) is 54.1 Å². The fourth-order valence-electron chi connectivity index (χ4n) is 2.25. The van der Waals surface area contributed by atoms with Gasteiger partial charge in [-0.3, -0.25) is 9.59 Å². The van der Waals surface area contributed by atoms with Crippen molar-refractivity contribution in [2.45, 2.75) is 12.2 Å². The smallest absolute Gasteiger partial charge is 0.221 e. The number of ether oxygens (including phenoxy) is 2. The molecule has 0 radical (unpaired) electrons. The summed E-state index contributed by atoms with van der Waals surface area (Å²) in [5.74, 6) is -1.05. The summed E-state index contributed by atoms with van der Waals surface area (Å²) in [7, 11) is 2.79. The molecule has 0 aliphatic heterocycles. The molecule has 0 N–H and O–H groups in total. The highest BCUT2D eigenvalue weighted by Crippen LogP contribution is 2.30. The Morgan fingerprint density at radius 1 is 1.15 bits per heavy atom. The maximum atomic E-state index is 12.4. The number of carbonyl (C=O) groups excluding carboxylic acids is 2. The van der Waals surface area contributed by atoms with Gasteiger partial charge in [0.05, 0.1) is 5.92 Å². The number of allylic oxidation sites excluding steroid dienone is 3. The molecule has 0 amide bonds. The van der Waals surface area contributed by atoms with E-state index in [1.165, 1.54) is 20.3 Å². The Balaban J connectivity index is 2.38. The van der Waals surface area contributed by atoms with Crippen LogP contribution < -0.4 is 0 Å². The third-order valence-corrected chi connectivity index (χ3v) is 3.19. The Labute approximate surface area is 117 Å². The van der Waals surface area contributed by atoms with E-state index in [2.05, 4.69) is 0 Å². The summed E-state index contributed by atoms with van der Waals surface area (Å²) in [6, 6.07) is 9.21. The van der Waals surface area contributed by atoms with E-state index in [1.807, 2.05) is 30.3 Å². The molecule has 1 atom stereocenters. The standard InChI is InChI=1S/C16H16O4/c1-19-16(20-2)15(18)12-9-6-10-13(17)14(12)11-7-4-3-5-8-11/h3-10,14,16H,1-2H3. The minimum absolute atomic E-state index is 0.118. The van der Waals surface area contributed by atoms with E-state index < -0.39 is 12.2 Å². The van der Waals surface area contributed by atoms with Gasteiger partial charge in [0.25, 0.3) is 0 Å². The summed E-state index contributed by atoms with van der Waals surface area (Å²) >= 11 is 0. The van der Waals surface area contributed by atoms with Crippen LogP contribution in [0.3, 0.4) is 0 Å². The fourth-order valence-corrected chi connectivity index (χ4v) is 2.25. The van der Waals surface area contributed by atoms with Crippen LogP contribution in [0, 0.1) is 0 Å². The van der Waals surface area contributed by atoms with Crippen molar-refractivity contribution in [1.82, 2.24) is 0 Å². The fraction of sp³-hybridized carbons (Fsp3) is 0.250. The molecule has 104 valence electrons. The molecular formula is C16H16O4.